The van der Waals surface area contributed by atoms with Crippen molar-refractivity contribution in [3.63, 3.8) is 0 Å². The molecule has 0 bridgehead atoms. The molecule has 0 aliphatic carbocycles. The summed E-state index contributed by atoms with van der Waals surface area (Å²) in [4.78, 5) is 4.31. The molecule has 0 aliphatic heterocycles. The molecule has 0 saturated heterocycles. The van der Waals surface area contributed by atoms with Crippen molar-refractivity contribution in [1.82, 2.24) is 10.3 Å². The summed E-state index contributed by atoms with van der Waals surface area (Å²) in [6.45, 7) is 3.03. The summed E-state index contributed by atoms with van der Waals surface area (Å²) in [5.74, 6) is 1.08. The number of nitrogens with zero attached hydrogens (tertiary/aromatic N) is 1. The minimum Gasteiger partial charge on any atom is -0.316 e. The molecule has 0 saturated carbocycles. The molecule has 0 fully saturated rings. The predicted molar refractivity (Wildman–Crippen MR) is 53.4 cm³/mol. The highest BCUT2D eigenvalue weighted by Gasteiger charge is 1.93. The first-order valence-electron chi connectivity index (χ1n) is 4.09. The molecule has 2 nitrogen and oxygen atoms in total. The largest absolute Gasteiger partial charge is 0.316 e. The van der Waals surface area contributed by atoms with Gasteiger partial charge in [-0.2, -0.15) is 0 Å². The van der Waals surface area contributed by atoms with Crippen molar-refractivity contribution in [2.75, 3.05) is 12.8 Å². The van der Waals surface area contributed by atoms with Gasteiger partial charge in [-0.05, 0) is 24.4 Å². The molecule has 3 heteroatoms. The Kier molecular flexibility index (Phi) is 4.11. The van der Waals surface area contributed by atoms with Gasteiger partial charge in [0.05, 0.1) is 5.03 Å². The van der Waals surface area contributed by atoms with E-state index in [1.165, 1.54) is 5.56 Å². The van der Waals surface area contributed by atoms with Crippen LogP contribution in [0.3, 0.4) is 0 Å². The van der Waals surface area contributed by atoms with Crippen LogP contribution in [0.25, 0.3) is 0 Å². The molecule has 0 radical (unpaired) electrons. The van der Waals surface area contributed by atoms with Crippen LogP contribution in [0.1, 0.15) is 12.5 Å². The third kappa shape index (κ3) is 2.83. The third-order valence-electron chi connectivity index (χ3n) is 1.47. The number of pyridine rings is 1. The van der Waals surface area contributed by atoms with E-state index in [-0.39, 0.29) is 0 Å². The van der Waals surface area contributed by atoms with Crippen molar-refractivity contribution < 1.29 is 0 Å². The Morgan fingerprint density at radius 2 is 2.33 bits per heavy atom. The van der Waals surface area contributed by atoms with Crippen molar-refractivity contribution >= 4 is 11.8 Å². The molecule has 12 heavy (non-hydrogen) atoms. The van der Waals surface area contributed by atoms with Crippen molar-refractivity contribution in [2.24, 2.45) is 0 Å². The van der Waals surface area contributed by atoms with Crippen molar-refractivity contribution in [2.45, 2.75) is 18.5 Å². The SMILES string of the molecule is CCSc1ccc(CNC)cn1. The monoisotopic (exact) mass is 182 g/mol. The predicted octanol–water partition coefficient (Wildman–Crippen LogP) is 1.91. The van der Waals surface area contributed by atoms with Crippen molar-refractivity contribution in [1.29, 1.82) is 0 Å². The van der Waals surface area contributed by atoms with Crippen LogP contribution in [-0.2, 0) is 6.54 Å². The highest BCUT2D eigenvalue weighted by Crippen LogP contribution is 2.13. The van der Waals surface area contributed by atoms with Crippen LogP contribution in [0, 0.1) is 0 Å². The van der Waals surface area contributed by atoms with Gasteiger partial charge in [-0.25, -0.2) is 4.98 Å². The Balaban J connectivity index is 2.58. The average Bonchev–Trinajstić information content (AvgIpc) is 2.09. The van der Waals surface area contributed by atoms with Crippen LogP contribution < -0.4 is 5.32 Å². The second kappa shape index (κ2) is 5.17. The standard InChI is InChI=1S/C9H14N2S/c1-3-12-9-5-4-8(6-10-2)7-11-9/h4-5,7,10H,3,6H2,1-2H3. The molecular formula is C9H14N2S. The fraction of sp³-hybridized carbons (Fsp3) is 0.444. The van der Waals surface area contributed by atoms with E-state index in [1.807, 2.05) is 13.2 Å². The minimum atomic E-state index is 0.893. The van der Waals surface area contributed by atoms with Gasteiger partial charge in [-0.15, -0.1) is 11.8 Å². The Morgan fingerprint density at radius 1 is 1.50 bits per heavy atom. The number of thioether (sulfide) groups is 1. The molecule has 0 atom stereocenters. The van der Waals surface area contributed by atoms with E-state index >= 15 is 0 Å². The first kappa shape index (κ1) is 9.55. The Labute approximate surface area is 77.8 Å². The number of rotatable bonds is 4. The van der Waals surface area contributed by atoms with Crippen molar-refractivity contribution in [3.05, 3.63) is 23.9 Å². The van der Waals surface area contributed by atoms with Crippen LogP contribution in [0.15, 0.2) is 23.4 Å². The molecule has 0 unspecified atom stereocenters. The lowest BCUT2D eigenvalue weighted by Crippen LogP contribution is -2.04. The fourth-order valence-electron chi connectivity index (χ4n) is 0.953. The Bertz CT molecular complexity index is 195. The minimum absolute atomic E-state index is 0.893. The number of hydrogen-bond donors (Lipinski definition) is 1. The van der Waals surface area contributed by atoms with Gasteiger partial charge in [-0.1, -0.05) is 13.0 Å². The van der Waals surface area contributed by atoms with Gasteiger partial charge in [0.15, 0.2) is 0 Å². The Hall–Kier alpha value is -0.540. The highest BCUT2D eigenvalue weighted by atomic mass is 32.2. The number of nitrogens with one attached hydrogen (secondary N) is 1. The second-order valence-electron chi connectivity index (χ2n) is 2.47. The van der Waals surface area contributed by atoms with Gasteiger partial charge in [0.25, 0.3) is 0 Å². The lowest BCUT2D eigenvalue weighted by molar-refractivity contribution is 0.809. The fourth-order valence-corrected chi connectivity index (χ4v) is 1.54. The van der Waals surface area contributed by atoms with Crippen LogP contribution in [-0.4, -0.2) is 17.8 Å². The van der Waals surface area contributed by atoms with Crippen LogP contribution >= 0.6 is 11.8 Å². The highest BCUT2D eigenvalue weighted by molar-refractivity contribution is 7.99. The van der Waals surface area contributed by atoms with E-state index < -0.39 is 0 Å². The molecule has 1 N–H and O–H groups in total. The molecule has 0 aliphatic rings. The maximum absolute atomic E-state index is 4.31. The molecule has 1 heterocycles. The van der Waals surface area contributed by atoms with E-state index in [4.69, 9.17) is 0 Å². The second-order valence-corrected chi connectivity index (χ2v) is 3.75. The molecule has 66 valence electrons. The van der Waals surface area contributed by atoms with Gasteiger partial charge in [0.2, 0.25) is 0 Å². The molecule has 0 amide bonds. The maximum atomic E-state index is 4.31. The number of aromatic nitrogens is 1. The summed E-state index contributed by atoms with van der Waals surface area (Å²) in [7, 11) is 1.94. The summed E-state index contributed by atoms with van der Waals surface area (Å²) in [6, 6.07) is 4.18. The number of hydrogen-bond acceptors (Lipinski definition) is 3. The average molecular weight is 182 g/mol. The van der Waals surface area contributed by atoms with E-state index in [0.29, 0.717) is 0 Å². The summed E-state index contributed by atoms with van der Waals surface area (Å²) < 4.78 is 0. The zero-order valence-corrected chi connectivity index (χ0v) is 8.32. The third-order valence-corrected chi connectivity index (χ3v) is 2.30. The van der Waals surface area contributed by atoms with Gasteiger partial charge < -0.3 is 5.32 Å². The van der Waals surface area contributed by atoms with Gasteiger partial charge in [0.1, 0.15) is 0 Å². The lowest BCUT2D eigenvalue weighted by atomic mass is 10.3. The Morgan fingerprint density at radius 3 is 2.83 bits per heavy atom. The van der Waals surface area contributed by atoms with Gasteiger partial charge in [0, 0.05) is 12.7 Å². The van der Waals surface area contributed by atoms with E-state index in [2.05, 4.69) is 29.4 Å². The molecular weight excluding hydrogens is 168 g/mol. The summed E-state index contributed by atoms with van der Waals surface area (Å²) in [5.41, 5.74) is 1.23. The van der Waals surface area contributed by atoms with Gasteiger partial charge >= 0.3 is 0 Å². The molecule has 1 aromatic rings. The smallest absolute Gasteiger partial charge is 0.0959 e. The molecule has 0 spiro atoms. The molecule has 1 aromatic heterocycles. The first-order chi connectivity index (χ1) is 5.86. The molecule has 1 rings (SSSR count). The summed E-state index contributed by atoms with van der Waals surface area (Å²) in [5, 5.41) is 4.20. The summed E-state index contributed by atoms with van der Waals surface area (Å²) >= 11 is 1.77. The summed E-state index contributed by atoms with van der Waals surface area (Å²) in [6.07, 6.45) is 1.93. The first-order valence-corrected chi connectivity index (χ1v) is 5.07. The van der Waals surface area contributed by atoms with Gasteiger partial charge in [-0.3, -0.25) is 0 Å². The quantitative estimate of drug-likeness (QED) is 0.720. The van der Waals surface area contributed by atoms with E-state index in [9.17, 15) is 0 Å². The zero-order chi connectivity index (χ0) is 8.81. The van der Waals surface area contributed by atoms with Crippen LogP contribution in [0.4, 0.5) is 0 Å². The van der Waals surface area contributed by atoms with E-state index in [1.54, 1.807) is 11.8 Å². The maximum Gasteiger partial charge on any atom is 0.0959 e. The lowest BCUT2D eigenvalue weighted by Gasteiger charge is -2.00. The topological polar surface area (TPSA) is 24.9 Å². The molecule has 0 aromatic carbocycles. The van der Waals surface area contributed by atoms with Crippen LogP contribution in [0.2, 0.25) is 0 Å². The zero-order valence-electron chi connectivity index (χ0n) is 7.50. The van der Waals surface area contributed by atoms with Crippen LogP contribution in [0.5, 0.6) is 0 Å². The van der Waals surface area contributed by atoms with Crippen molar-refractivity contribution in [3.8, 4) is 0 Å². The normalized spacial score (nSPS) is 10.2. The van der Waals surface area contributed by atoms with E-state index in [0.717, 1.165) is 17.3 Å².